The van der Waals surface area contributed by atoms with Gasteiger partial charge < -0.3 is 4.74 Å². The topological polar surface area (TPSA) is 61.4 Å². The summed E-state index contributed by atoms with van der Waals surface area (Å²) in [4.78, 5) is 21.6. The third kappa shape index (κ3) is 4.17. The van der Waals surface area contributed by atoms with Gasteiger partial charge in [0, 0.05) is 29.5 Å². The Morgan fingerprint density at radius 2 is 1.97 bits per heavy atom. The van der Waals surface area contributed by atoms with Crippen LogP contribution in [0.5, 0.6) is 11.6 Å². The van der Waals surface area contributed by atoms with Crippen molar-refractivity contribution in [2.45, 2.75) is 32.7 Å². The van der Waals surface area contributed by atoms with Crippen molar-refractivity contribution in [3.63, 3.8) is 0 Å². The number of nitrogens with zero attached hydrogens (tertiary/aromatic N) is 4. The molecule has 0 atom stereocenters. The van der Waals surface area contributed by atoms with Crippen LogP contribution in [0.3, 0.4) is 0 Å². The van der Waals surface area contributed by atoms with E-state index in [2.05, 4.69) is 11.9 Å². The molecule has 0 aliphatic carbocycles. The number of aromatic nitrogens is 4. The third-order valence-electron chi connectivity index (χ3n) is 4.66. The van der Waals surface area contributed by atoms with E-state index in [0.717, 1.165) is 24.8 Å². The lowest BCUT2D eigenvalue weighted by molar-refractivity contribution is 0.415. The van der Waals surface area contributed by atoms with Crippen LogP contribution in [0.1, 0.15) is 26.2 Å². The number of ether oxygens (including phenoxy) is 1. The van der Waals surface area contributed by atoms with Gasteiger partial charge in [0.25, 0.3) is 5.56 Å². The highest BCUT2D eigenvalue weighted by atomic mass is 35.5. The minimum Gasteiger partial charge on any atom is -0.439 e. The molecule has 0 aliphatic heterocycles. The standard InChI is InChI=1S/C22H21ClN4O2/c1-2-3-4-12-26-21(29-18-6-5-11-24-14-18)13-20(28)27-15-19(25-22(26)27)16-7-9-17(23)10-8-16/h5-11,13-15H,2-4,12H2,1H3. The Hall–Kier alpha value is -3.12. The number of unbranched alkanes of at least 4 members (excludes halogenated alkanes) is 2. The molecule has 0 aliphatic rings. The fraction of sp³-hybridized carbons (Fsp3) is 0.227. The summed E-state index contributed by atoms with van der Waals surface area (Å²) in [6.45, 7) is 2.85. The van der Waals surface area contributed by atoms with Gasteiger partial charge in [0.2, 0.25) is 11.7 Å². The number of aryl methyl sites for hydroxylation is 1. The Balaban J connectivity index is 1.82. The zero-order valence-electron chi connectivity index (χ0n) is 16.1. The molecule has 3 aromatic heterocycles. The number of imidazole rings is 1. The molecule has 0 spiro atoms. The molecule has 7 heteroatoms. The molecule has 0 N–H and O–H groups in total. The van der Waals surface area contributed by atoms with Gasteiger partial charge in [0.1, 0.15) is 5.75 Å². The summed E-state index contributed by atoms with van der Waals surface area (Å²) in [7, 11) is 0. The molecule has 1 aromatic carbocycles. The highest BCUT2D eigenvalue weighted by molar-refractivity contribution is 6.30. The number of fused-ring (bicyclic) bond motifs is 1. The number of rotatable bonds is 7. The van der Waals surface area contributed by atoms with E-state index in [1.54, 1.807) is 29.1 Å². The van der Waals surface area contributed by atoms with Crippen molar-refractivity contribution in [1.29, 1.82) is 0 Å². The van der Waals surface area contributed by atoms with Gasteiger partial charge in [-0.05, 0) is 30.7 Å². The second-order valence-corrected chi connectivity index (χ2v) is 7.21. The molecule has 0 bridgehead atoms. The predicted octanol–water partition coefficient (Wildman–Crippen LogP) is 5.19. The lowest BCUT2D eigenvalue weighted by Crippen LogP contribution is -2.18. The molecular weight excluding hydrogens is 388 g/mol. The highest BCUT2D eigenvalue weighted by Gasteiger charge is 2.15. The second kappa shape index (κ2) is 8.49. The lowest BCUT2D eigenvalue weighted by atomic mass is 10.2. The van der Waals surface area contributed by atoms with Gasteiger partial charge in [0.05, 0.1) is 18.0 Å². The van der Waals surface area contributed by atoms with Crippen LogP contribution in [0.15, 0.2) is 65.8 Å². The quantitative estimate of drug-likeness (QED) is 0.394. The molecule has 4 rings (SSSR count). The highest BCUT2D eigenvalue weighted by Crippen LogP contribution is 2.25. The maximum atomic E-state index is 12.8. The summed E-state index contributed by atoms with van der Waals surface area (Å²) >= 11 is 6.00. The van der Waals surface area contributed by atoms with E-state index in [1.165, 1.54) is 6.07 Å². The fourth-order valence-electron chi connectivity index (χ4n) is 3.18. The van der Waals surface area contributed by atoms with Crippen LogP contribution in [0.2, 0.25) is 5.02 Å². The van der Waals surface area contributed by atoms with Gasteiger partial charge >= 0.3 is 0 Å². The normalized spacial score (nSPS) is 11.1. The Bertz CT molecular complexity index is 1170. The molecule has 29 heavy (non-hydrogen) atoms. The van der Waals surface area contributed by atoms with Crippen LogP contribution in [0, 0.1) is 0 Å². The summed E-state index contributed by atoms with van der Waals surface area (Å²) in [5.41, 5.74) is 1.41. The summed E-state index contributed by atoms with van der Waals surface area (Å²) in [5, 5.41) is 0.656. The number of pyridine rings is 1. The van der Waals surface area contributed by atoms with Crippen LogP contribution >= 0.6 is 11.6 Å². The fourth-order valence-corrected chi connectivity index (χ4v) is 3.30. The first-order chi connectivity index (χ1) is 14.2. The van der Waals surface area contributed by atoms with E-state index < -0.39 is 0 Å². The molecular formula is C22H21ClN4O2. The van der Waals surface area contributed by atoms with Gasteiger partial charge in [-0.15, -0.1) is 0 Å². The molecule has 4 aromatic rings. The van der Waals surface area contributed by atoms with Gasteiger partial charge in [-0.1, -0.05) is 43.5 Å². The van der Waals surface area contributed by atoms with Gasteiger partial charge in [-0.2, -0.15) is 0 Å². The number of hydrogen-bond donors (Lipinski definition) is 0. The van der Waals surface area contributed by atoms with E-state index in [1.807, 2.05) is 34.9 Å². The van der Waals surface area contributed by atoms with Crippen molar-refractivity contribution < 1.29 is 4.74 Å². The Kier molecular flexibility index (Phi) is 5.62. The SMILES string of the molecule is CCCCCn1c(Oc2cccnc2)cc(=O)n2cc(-c3ccc(Cl)cc3)nc12. The zero-order valence-corrected chi connectivity index (χ0v) is 16.8. The monoisotopic (exact) mass is 408 g/mol. The molecule has 3 heterocycles. The van der Waals surface area contributed by atoms with Crippen molar-refractivity contribution >= 4 is 17.4 Å². The Morgan fingerprint density at radius 1 is 1.14 bits per heavy atom. The minimum atomic E-state index is -0.196. The molecule has 148 valence electrons. The number of hydrogen-bond acceptors (Lipinski definition) is 4. The van der Waals surface area contributed by atoms with Crippen LogP contribution in [-0.2, 0) is 6.54 Å². The summed E-state index contributed by atoms with van der Waals surface area (Å²) in [6, 6.07) is 12.5. The van der Waals surface area contributed by atoms with Crippen LogP contribution < -0.4 is 10.3 Å². The zero-order chi connectivity index (χ0) is 20.2. The van der Waals surface area contributed by atoms with Crippen LogP contribution in [-0.4, -0.2) is 18.9 Å². The smallest absolute Gasteiger partial charge is 0.262 e. The predicted molar refractivity (Wildman–Crippen MR) is 114 cm³/mol. The first-order valence-electron chi connectivity index (χ1n) is 9.62. The Morgan fingerprint density at radius 3 is 2.69 bits per heavy atom. The molecule has 0 saturated heterocycles. The maximum Gasteiger partial charge on any atom is 0.262 e. The van der Waals surface area contributed by atoms with E-state index in [9.17, 15) is 4.79 Å². The number of halogens is 1. The van der Waals surface area contributed by atoms with E-state index in [0.29, 0.717) is 34.7 Å². The van der Waals surface area contributed by atoms with Crippen molar-refractivity contribution in [3.8, 4) is 22.9 Å². The Labute approximate surface area is 173 Å². The molecule has 0 amide bonds. The molecule has 0 fully saturated rings. The van der Waals surface area contributed by atoms with Gasteiger partial charge in [0.15, 0.2) is 0 Å². The third-order valence-corrected chi connectivity index (χ3v) is 4.91. The summed E-state index contributed by atoms with van der Waals surface area (Å²) < 4.78 is 9.50. The van der Waals surface area contributed by atoms with Gasteiger partial charge in [-0.25, -0.2) is 4.98 Å². The summed E-state index contributed by atoms with van der Waals surface area (Å²) in [6.07, 6.45) is 8.19. The van der Waals surface area contributed by atoms with E-state index in [-0.39, 0.29) is 5.56 Å². The molecule has 0 radical (unpaired) electrons. The molecule has 0 unspecified atom stereocenters. The van der Waals surface area contributed by atoms with Crippen molar-refractivity contribution in [2.75, 3.05) is 0 Å². The van der Waals surface area contributed by atoms with E-state index >= 15 is 0 Å². The van der Waals surface area contributed by atoms with Crippen molar-refractivity contribution in [3.05, 3.63) is 76.4 Å². The number of benzene rings is 1. The molecule has 6 nitrogen and oxygen atoms in total. The first-order valence-corrected chi connectivity index (χ1v) is 10.0. The minimum absolute atomic E-state index is 0.196. The lowest BCUT2D eigenvalue weighted by Gasteiger charge is -2.14. The van der Waals surface area contributed by atoms with Crippen LogP contribution in [0.25, 0.3) is 17.0 Å². The largest absolute Gasteiger partial charge is 0.439 e. The summed E-state index contributed by atoms with van der Waals surface area (Å²) in [5.74, 6) is 1.59. The van der Waals surface area contributed by atoms with Crippen LogP contribution in [0.4, 0.5) is 0 Å². The average Bonchev–Trinajstić information content (AvgIpc) is 3.18. The average molecular weight is 409 g/mol. The second-order valence-electron chi connectivity index (χ2n) is 6.77. The maximum absolute atomic E-state index is 12.8. The van der Waals surface area contributed by atoms with Gasteiger partial charge in [-0.3, -0.25) is 18.7 Å². The van der Waals surface area contributed by atoms with E-state index in [4.69, 9.17) is 21.3 Å². The molecule has 0 saturated carbocycles. The first kappa shape index (κ1) is 19.2. The van der Waals surface area contributed by atoms with Crippen molar-refractivity contribution in [1.82, 2.24) is 18.9 Å². The van der Waals surface area contributed by atoms with Crippen molar-refractivity contribution in [2.24, 2.45) is 0 Å².